The van der Waals surface area contributed by atoms with Gasteiger partial charge in [0.25, 0.3) is 0 Å². The molecule has 0 radical (unpaired) electrons. The highest BCUT2D eigenvalue weighted by Gasteiger charge is 2.29. The molecule has 122 valence electrons. The second-order valence-electron chi connectivity index (χ2n) is 6.95. The number of carbonyl (C=O) groups is 1. The van der Waals surface area contributed by atoms with Crippen LogP contribution in [0.3, 0.4) is 0 Å². The molecule has 0 N–H and O–H groups in total. The normalized spacial score (nSPS) is 22.4. The Hall–Kier alpha value is -0.790. The van der Waals surface area contributed by atoms with Gasteiger partial charge < -0.3 is 18.9 Å². The summed E-state index contributed by atoms with van der Waals surface area (Å²) in [5.41, 5.74) is -0.521. The van der Waals surface area contributed by atoms with Crippen molar-refractivity contribution in [3.63, 3.8) is 0 Å². The van der Waals surface area contributed by atoms with Crippen molar-refractivity contribution < 1.29 is 18.8 Å². The monoisotopic (exact) mass is 318 g/mol. The summed E-state index contributed by atoms with van der Waals surface area (Å²) in [6, 6.07) is 0. The molecular weight excluding hydrogens is 292 g/mol. The second kappa shape index (κ2) is 6.98. The molecule has 0 spiro atoms. The van der Waals surface area contributed by atoms with Crippen LogP contribution < -0.4 is 0 Å². The van der Waals surface area contributed by atoms with E-state index in [0.717, 1.165) is 0 Å². The van der Waals surface area contributed by atoms with Crippen molar-refractivity contribution in [2.24, 2.45) is 4.40 Å². The Labute approximate surface area is 130 Å². The summed E-state index contributed by atoms with van der Waals surface area (Å²) in [4.78, 5) is 13.6. The molecule has 1 saturated heterocycles. The Morgan fingerprint density at radius 2 is 2.00 bits per heavy atom. The predicted octanol–water partition coefficient (Wildman–Crippen LogP) is 2.16. The molecular formula is C14H26N2O4S. The minimum Gasteiger partial charge on any atom is -0.591 e. The Morgan fingerprint density at radius 3 is 2.52 bits per heavy atom. The van der Waals surface area contributed by atoms with Crippen molar-refractivity contribution >= 4 is 23.7 Å². The smallest absolute Gasteiger partial charge is 0.410 e. The third kappa shape index (κ3) is 6.67. The van der Waals surface area contributed by atoms with Gasteiger partial charge in [-0.05, 0) is 41.5 Å². The van der Waals surface area contributed by atoms with Gasteiger partial charge in [-0.3, -0.25) is 0 Å². The molecule has 0 saturated carbocycles. The number of hydrogen-bond acceptors (Lipinski definition) is 5. The molecule has 0 aromatic carbocycles. The molecule has 1 amide bonds. The van der Waals surface area contributed by atoms with Gasteiger partial charge in [-0.15, -0.1) is 0 Å². The Balaban J connectivity index is 2.56. The number of ether oxygens (including phenoxy) is 2. The lowest BCUT2D eigenvalue weighted by atomic mass is 10.2. The van der Waals surface area contributed by atoms with Gasteiger partial charge in [-0.1, -0.05) is 4.40 Å². The van der Waals surface area contributed by atoms with E-state index in [1.165, 1.54) is 6.21 Å². The third-order valence-electron chi connectivity index (χ3n) is 2.59. The van der Waals surface area contributed by atoms with E-state index < -0.39 is 21.7 Å². The Morgan fingerprint density at radius 1 is 1.38 bits per heavy atom. The number of morpholine rings is 1. The van der Waals surface area contributed by atoms with Crippen LogP contribution in [0, 0.1) is 0 Å². The first-order valence-corrected chi connectivity index (χ1v) is 8.15. The van der Waals surface area contributed by atoms with Crippen LogP contribution in [0.2, 0.25) is 0 Å². The zero-order chi connectivity index (χ0) is 16.3. The van der Waals surface area contributed by atoms with Crippen LogP contribution in [0.1, 0.15) is 41.5 Å². The lowest BCUT2D eigenvalue weighted by molar-refractivity contribution is -0.0197. The lowest BCUT2D eigenvalue weighted by Gasteiger charge is -2.32. The standard InChI is InChI=1S/C14H26N2O4S/c1-13(2,3)20-12(17)16-7-8-19-11(10-16)9-15-21(18)14(4,5)6/h9,11H,7-8,10H2,1-6H3/t11-,21?/m0/s1. The molecule has 0 aromatic rings. The zero-order valence-electron chi connectivity index (χ0n) is 13.7. The number of rotatable bonds is 2. The molecule has 1 aliphatic heterocycles. The van der Waals surface area contributed by atoms with Crippen molar-refractivity contribution in [3.05, 3.63) is 0 Å². The van der Waals surface area contributed by atoms with Gasteiger partial charge in [0, 0.05) is 6.54 Å². The summed E-state index contributed by atoms with van der Waals surface area (Å²) in [6.07, 6.45) is 0.816. The van der Waals surface area contributed by atoms with Crippen LogP contribution in [0.15, 0.2) is 4.40 Å². The quantitative estimate of drug-likeness (QED) is 0.577. The third-order valence-corrected chi connectivity index (χ3v) is 3.95. The maximum atomic E-state index is 12.0. The number of nitrogens with zero attached hydrogens (tertiary/aromatic N) is 2. The van der Waals surface area contributed by atoms with Crippen LogP contribution >= 0.6 is 0 Å². The fourth-order valence-corrected chi connectivity index (χ4v) is 2.10. The molecule has 0 bridgehead atoms. The fraction of sp³-hybridized carbons (Fsp3) is 0.857. The molecule has 0 aromatic heterocycles. The van der Waals surface area contributed by atoms with Gasteiger partial charge >= 0.3 is 6.09 Å². The second-order valence-corrected chi connectivity index (χ2v) is 8.89. The molecule has 6 nitrogen and oxygen atoms in total. The highest BCUT2D eigenvalue weighted by atomic mass is 32.2. The van der Waals surface area contributed by atoms with Gasteiger partial charge in [0.15, 0.2) is 0 Å². The number of carbonyl (C=O) groups excluding carboxylic acids is 1. The van der Waals surface area contributed by atoms with Gasteiger partial charge in [-0.2, -0.15) is 0 Å². The van der Waals surface area contributed by atoms with Crippen molar-refractivity contribution in [1.29, 1.82) is 0 Å². The van der Waals surface area contributed by atoms with E-state index in [9.17, 15) is 9.35 Å². The van der Waals surface area contributed by atoms with E-state index in [1.807, 2.05) is 41.5 Å². The highest BCUT2D eigenvalue weighted by Crippen LogP contribution is 2.17. The van der Waals surface area contributed by atoms with Crippen molar-refractivity contribution in [1.82, 2.24) is 4.90 Å². The van der Waals surface area contributed by atoms with Gasteiger partial charge in [0.05, 0.1) is 19.4 Å². The molecule has 1 fully saturated rings. The Kier molecular flexibility index (Phi) is 6.07. The summed E-state index contributed by atoms with van der Waals surface area (Å²) in [7, 11) is 0. The summed E-state index contributed by atoms with van der Waals surface area (Å²) in [5, 5.41) is 0. The maximum Gasteiger partial charge on any atom is 0.410 e. The highest BCUT2D eigenvalue weighted by molar-refractivity contribution is 7.91. The molecule has 21 heavy (non-hydrogen) atoms. The van der Waals surface area contributed by atoms with E-state index in [4.69, 9.17) is 9.47 Å². The minimum atomic E-state index is -1.32. The average Bonchev–Trinajstić information content (AvgIpc) is 2.33. The number of hydrogen-bond donors (Lipinski definition) is 0. The van der Waals surface area contributed by atoms with Crippen LogP contribution in [0.5, 0.6) is 0 Å². The topological polar surface area (TPSA) is 74.2 Å². The summed E-state index contributed by atoms with van der Waals surface area (Å²) >= 11 is -1.32. The molecule has 1 aliphatic rings. The van der Waals surface area contributed by atoms with E-state index >= 15 is 0 Å². The average molecular weight is 318 g/mol. The SMILES string of the molecule is CC(C)(C)OC(=O)N1CCO[C@@H](C=N[S+]([O-])C(C)(C)C)C1. The summed E-state index contributed by atoms with van der Waals surface area (Å²) in [5.74, 6) is 0. The molecule has 1 heterocycles. The van der Waals surface area contributed by atoms with E-state index in [0.29, 0.717) is 19.7 Å². The summed E-state index contributed by atoms with van der Waals surface area (Å²) < 4.78 is 26.3. The molecule has 1 unspecified atom stereocenters. The molecule has 2 atom stereocenters. The molecule has 7 heteroatoms. The zero-order valence-corrected chi connectivity index (χ0v) is 14.5. The van der Waals surface area contributed by atoms with Gasteiger partial charge in [-0.25, -0.2) is 4.79 Å². The first-order valence-electron chi connectivity index (χ1n) is 7.05. The predicted molar refractivity (Wildman–Crippen MR) is 83.9 cm³/mol. The Bertz CT molecular complexity index is 387. The lowest BCUT2D eigenvalue weighted by Crippen LogP contribution is -2.48. The van der Waals surface area contributed by atoms with Crippen LogP contribution in [0.4, 0.5) is 4.79 Å². The molecule has 1 rings (SSSR count). The molecule has 0 aliphatic carbocycles. The maximum absolute atomic E-state index is 12.0. The van der Waals surface area contributed by atoms with Gasteiger partial charge in [0.1, 0.15) is 27.8 Å². The van der Waals surface area contributed by atoms with Crippen molar-refractivity contribution in [2.75, 3.05) is 19.7 Å². The fourth-order valence-electron chi connectivity index (χ4n) is 1.54. The minimum absolute atomic E-state index is 0.349. The van der Waals surface area contributed by atoms with E-state index in [-0.39, 0.29) is 12.2 Å². The van der Waals surface area contributed by atoms with Gasteiger partial charge in [0.2, 0.25) is 0 Å². The first-order chi connectivity index (χ1) is 9.49. The first kappa shape index (κ1) is 18.3. The summed E-state index contributed by atoms with van der Waals surface area (Å²) in [6.45, 7) is 12.3. The van der Waals surface area contributed by atoms with E-state index in [1.54, 1.807) is 4.90 Å². The van der Waals surface area contributed by atoms with Crippen LogP contribution in [0.25, 0.3) is 0 Å². The van der Waals surface area contributed by atoms with Crippen molar-refractivity contribution in [3.8, 4) is 0 Å². The van der Waals surface area contributed by atoms with Crippen molar-refractivity contribution in [2.45, 2.75) is 58.0 Å². The van der Waals surface area contributed by atoms with E-state index in [2.05, 4.69) is 4.40 Å². The van der Waals surface area contributed by atoms with Crippen LogP contribution in [-0.4, -0.2) is 57.9 Å². The largest absolute Gasteiger partial charge is 0.591 e. The van der Waals surface area contributed by atoms with Crippen LogP contribution in [-0.2, 0) is 20.8 Å². The number of amides is 1.